The van der Waals surface area contributed by atoms with Gasteiger partial charge in [-0.3, -0.25) is 9.59 Å². The smallest absolute Gasteiger partial charge is 0.359 e. The number of esters is 4. The lowest BCUT2D eigenvalue weighted by atomic mass is 9.96. The molecule has 0 aromatic heterocycles. The van der Waals surface area contributed by atoms with Gasteiger partial charge >= 0.3 is 29.8 Å². The second-order valence-corrected chi connectivity index (χ2v) is 4.18. The number of hydrogen-bond donors (Lipinski definition) is 2. The third-order valence-electron chi connectivity index (χ3n) is 2.58. The predicted molar refractivity (Wildman–Crippen MR) is 67.7 cm³/mol. The molecule has 0 amide bonds. The molecule has 1 unspecified atom stereocenters. The van der Waals surface area contributed by atoms with Crippen molar-refractivity contribution in [1.29, 1.82) is 0 Å². The van der Waals surface area contributed by atoms with E-state index in [1.807, 2.05) is 0 Å². The molecular formula is C12H16O11. The molecule has 2 N–H and O–H groups in total. The second-order valence-electron chi connectivity index (χ2n) is 4.18. The molecule has 0 fully saturated rings. The molecule has 0 saturated heterocycles. The van der Waals surface area contributed by atoms with Gasteiger partial charge in [0.1, 0.15) is 0 Å². The number of aliphatic hydroxyl groups is 1. The topological polar surface area (TPSA) is 163 Å². The van der Waals surface area contributed by atoms with Crippen LogP contribution in [0.15, 0.2) is 0 Å². The van der Waals surface area contributed by atoms with Crippen LogP contribution in [-0.4, -0.2) is 73.1 Å². The maximum Gasteiger partial charge on any atom is 0.359 e. The maximum absolute atomic E-state index is 11.7. The van der Waals surface area contributed by atoms with Gasteiger partial charge in [-0.05, 0) is 0 Å². The van der Waals surface area contributed by atoms with Crippen molar-refractivity contribution in [2.45, 2.75) is 24.5 Å². The molecule has 0 heterocycles. The van der Waals surface area contributed by atoms with Crippen molar-refractivity contribution in [3.63, 3.8) is 0 Å². The van der Waals surface area contributed by atoms with E-state index in [1.165, 1.54) is 0 Å². The quantitative estimate of drug-likeness (QED) is 0.286. The zero-order chi connectivity index (χ0) is 18.2. The largest absolute Gasteiger partial charge is 0.479 e. The molecule has 1 atom stereocenters. The summed E-state index contributed by atoms with van der Waals surface area (Å²) in [6.45, 7) is 0. The van der Waals surface area contributed by atoms with Gasteiger partial charge in [0.2, 0.25) is 0 Å². The summed E-state index contributed by atoms with van der Waals surface area (Å²) in [5, 5.41) is 18.8. The molecule has 0 aromatic rings. The van der Waals surface area contributed by atoms with Crippen molar-refractivity contribution in [3.05, 3.63) is 0 Å². The Morgan fingerprint density at radius 1 is 0.870 bits per heavy atom. The first kappa shape index (κ1) is 20.3. The van der Waals surface area contributed by atoms with Crippen molar-refractivity contribution in [2.75, 3.05) is 21.3 Å². The van der Waals surface area contributed by atoms with E-state index in [0.29, 0.717) is 0 Å². The summed E-state index contributed by atoms with van der Waals surface area (Å²) in [4.78, 5) is 56.4. The molecule has 0 aliphatic rings. The fraction of sp³-hybridized carbons (Fsp3) is 0.583. The Morgan fingerprint density at radius 2 is 1.30 bits per heavy atom. The van der Waals surface area contributed by atoms with Gasteiger partial charge in [-0.1, -0.05) is 0 Å². The Labute approximate surface area is 130 Å². The van der Waals surface area contributed by atoms with E-state index in [0.717, 1.165) is 21.3 Å². The number of hydrogen-bond acceptors (Lipinski definition) is 10. The van der Waals surface area contributed by atoms with E-state index in [1.54, 1.807) is 0 Å². The number of carboxylic acids is 1. The third kappa shape index (κ3) is 5.90. The average Bonchev–Trinajstić information content (AvgIpc) is 2.50. The number of ether oxygens (including phenoxy) is 4. The third-order valence-corrected chi connectivity index (χ3v) is 2.58. The normalized spacial score (nSPS) is 12.7. The number of carbonyl (C=O) groups is 5. The second kappa shape index (κ2) is 8.68. The lowest BCUT2D eigenvalue weighted by Crippen LogP contribution is -2.45. The van der Waals surface area contributed by atoms with Crippen LogP contribution < -0.4 is 0 Å². The van der Waals surface area contributed by atoms with Crippen LogP contribution in [0, 0.1) is 0 Å². The highest BCUT2D eigenvalue weighted by molar-refractivity contribution is 6.00. The predicted octanol–water partition coefficient (Wildman–Crippen LogP) is -1.99. The summed E-state index contributed by atoms with van der Waals surface area (Å²) in [7, 11) is 2.78. The average molecular weight is 336 g/mol. The molecule has 23 heavy (non-hydrogen) atoms. The molecule has 0 saturated carbocycles. The molecule has 0 aromatic carbocycles. The number of aliphatic carboxylic acids is 1. The lowest BCUT2D eigenvalue weighted by Gasteiger charge is -2.22. The van der Waals surface area contributed by atoms with E-state index >= 15 is 0 Å². The molecule has 11 heteroatoms. The van der Waals surface area contributed by atoms with Gasteiger partial charge in [-0.2, -0.15) is 0 Å². The minimum absolute atomic E-state index is 0.914. The minimum Gasteiger partial charge on any atom is -0.479 e. The van der Waals surface area contributed by atoms with E-state index in [9.17, 15) is 29.1 Å². The molecule has 0 bridgehead atoms. The summed E-state index contributed by atoms with van der Waals surface area (Å²) >= 11 is 0. The van der Waals surface area contributed by atoms with Gasteiger partial charge in [0.05, 0.1) is 34.2 Å². The summed E-state index contributed by atoms with van der Waals surface area (Å²) in [5.41, 5.74) is -2.83. The monoisotopic (exact) mass is 336 g/mol. The SMILES string of the molecule is COC(=O)CC(O)(CC(=O)OC(C(=O)OC)C(=O)OC)C(=O)O. The van der Waals surface area contributed by atoms with Crippen LogP contribution in [0.4, 0.5) is 0 Å². The van der Waals surface area contributed by atoms with Gasteiger partial charge in [-0.15, -0.1) is 0 Å². The molecule has 0 rings (SSSR count). The number of rotatable bonds is 8. The first-order valence-corrected chi connectivity index (χ1v) is 5.99. The molecular weight excluding hydrogens is 320 g/mol. The Bertz CT molecular complexity index is 481. The van der Waals surface area contributed by atoms with E-state index in [2.05, 4.69) is 18.9 Å². The van der Waals surface area contributed by atoms with Gasteiger partial charge in [-0.25, -0.2) is 14.4 Å². The highest BCUT2D eigenvalue weighted by atomic mass is 16.6. The highest BCUT2D eigenvalue weighted by Gasteiger charge is 2.43. The summed E-state index contributed by atoms with van der Waals surface area (Å²) in [6.07, 6.45) is -4.36. The number of methoxy groups -OCH3 is 3. The molecule has 0 spiro atoms. The number of carbonyl (C=O) groups excluding carboxylic acids is 4. The first-order valence-electron chi connectivity index (χ1n) is 5.99. The van der Waals surface area contributed by atoms with Crippen molar-refractivity contribution >= 4 is 29.8 Å². The Morgan fingerprint density at radius 3 is 1.65 bits per heavy atom. The van der Waals surface area contributed by atoms with Crippen LogP contribution in [-0.2, 0) is 42.9 Å². The van der Waals surface area contributed by atoms with Gasteiger partial charge < -0.3 is 29.2 Å². The Hall–Kier alpha value is -2.69. The Kier molecular flexibility index (Phi) is 7.66. The van der Waals surface area contributed by atoms with Crippen molar-refractivity contribution < 1.29 is 53.1 Å². The van der Waals surface area contributed by atoms with Crippen LogP contribution in [0.5, 0.6) is 0 Å². The molecule has 0 aliphatic heterocycles. The zero-order valence-electron chi connectivity index (χ0n) is 12.6. The summed E-state index contributed by atoms with van der Waals surface area (Å²) < 4.78 is 17.1. The van der Waals surface area contributed by atoms with Crippen molar-refractivity contribution in [2.24, 2.45) is 0 Å². The fourth-order valence-corrected chi connectivity index (χ4v) is 1.34. The zero-order valence-corrected chi connectivity index (χ0v) is 12.6. The van der Waals surface area contributed by atoms with E-state index < -0.39 is 54.4 Å². The number of carboxylic acid groups (broad SMARTS) is 1. The van der Waals surface area contributed by atoms with Gasteiger partial charge in [0.15, 0.2) is 5.60 Å². The molecule has 0 radical (unpaired) electrons. The van der Waals surface area contributed by atoms with Crippen LogP contribution in [0.2, 0.25) is 0 Å². The molecule has 0 aliphatic carbocycles. The first-order chi connectivity index (χ1) is 10.6. The van der Waals surface area contributed by atoms with Crippen LogP contribution >= 0.6 is 0 Å². The maximum atomic E-state index is 11.7. The highest BCUT2D eigenvalue weighted by Crippen LogP contribution is 2.18. The van der Waals surface area contributed by atoms with E-state index in [4.69, 9.17) is 5.11 Å². The minimum atomic E-state index is -2.83. The van der Waals surface area contributed by atoms with Crippen molar-refractivity contribution in [1.82, 2.24) is 0 Å². The summed E-state index contributed by atoms with van der Waals surface area (Å²) in [5.74, 6) is -6.97. The Balaban J connectivity index is 5.12. The standard InChI is InChI=1S/C12H16O11/c1-20-6(13)4-12(19,11(17)18)5-7(14)23-8(9(15)21-2)10(16)22-3/h8,19H,4-5H2,1-3H3,(H,17,18). The summed E-state index contributed by atoms with van der Waals surface area (Å²) in [6, 6.07) is 0. The molecule has 130 valence electrons. The van der Waals surface area contributed by atoms with E-state index in [-0.39, 0.29) is 0 Å². The van der Waals surface area contributed by atoms with Gasteiger partial charge in [0.25, 0.3) is 6.10 Å². The van der Waals surface area contributed by atoms with Crippen molar-refractivity contribution in [3.8, 4) is 0 Å². The van der Waals surface area contributed by atoms with Crippen LogP contribution in [0.25, 0.3) is 0 Å². The molecule has 11 nitrogen and oxygen atoms in total. The van der Waals surface area contributed by atoms with Crippen LogP contribution in [0.3, 0.4) is 0 Å². The lowest BCUT2D eigenvalue weighted by molar-refractivity contribution is -0.183. The fourth-order valence-electron chi connectivity index (χ4n) is 1.34. The van der Waals surface area contributed by atoms with Crippen LogP contribution in [0.1, 0.15) is 12.8 Å². The van der Waals surface area contributed by atoms with Gasteiger partial charge in [0, 0.05) is 0 Å².